The maximum Gasteiger partial charge on any atom is 0.500 e. The molecule has 16 heavy (non-hydrogen) atoms. The quantitative estimate of drug-likeness (QED) is 0.449. The van der Waals surface area contributed by atoms with E-state index < -0.39 is 8.80 Å². The summed E-state index contributed by atoms with van der Waals surface area (Å²) >= 11 is 0. The van der Waals surface area contributed by atoms with E-state index in [4.69, 9.17) is 13.3 Å². The zero-order chi connectivity index (χ0) is 12.4. The van der Waals surface area contributed by atoms with Gasteiger partial charge in [-0.15, -0.1) is 7.92 Å². The second kappa shape index (κ2) is 9.55. The summed E-state index contributed by atoms with van der Waals surface area (Å²) in [5.41, 5.74) is 0. The number of rotatable bonds is 10. The van der Waals surface area contributed by atoms with Crippen molar-refractivity contribution in [1.82, 2.24) is 0 Å². The lowest BCUT2D eigenvalue weighted by atomic mass is 10.6. The van der Waals surface area contributed by atoms with Crippen LogP contribution in [0, 0.1) is 0 Å². The molecule has 3 nitrogen and oxygen atoms in total. The first-order valence-electron chi connectivity index (χ1n) is 6.16. The molecule has 0 heterocycles. The van der Waals surface area contributed by atoms with Crippen molar-refractivity contribution in [3.05, 3.63) is 0 Å². The van der Waals surface area contributed by atoms with E-state index in [9.17, 15) is 0 Å². The van der Waals surface area contributed by atoms with Gasteiger partial charge >= 0.3 is 8.80 Å². The van der Waals surface area contributed by atoms with Crippen LogP contribution in [-0.2, 0) is 13.3 Å². The molecule has 0 aliphatic carbocycles. The number of hydrogen-bond acceptors (Lipinski definition) is 3. The van der Waals surface area contributed by atoms with Gasteiger partial charge in [0.2, 0.25) is 0 Å². The highest BCUT2D eigenvalue weighted by molar-refractivity contribution is 7.55. The van der Waals surface area contributed by atoms with E-state index in [0.717, 1.165) is 12.5 Å². The van der Waals surface area contributed by atoms with Crippen LogP contribution in [0.3, 0.4) is 0 Å². The Kier molecular flexibility index (Phi) is 9.86. The van der Waals surface area contributed by atoms with E-state index >= 15 is 0 Å². The average molecular weight is 266 g/mol. The van der Waals surface area contributed by atoms with Crippen molar-refractivity contribution in [2.24, 2.45) is 0 Å². The molecule has 98 valence electrons. The van der Waals surface area contributed by atoms with Crippen LogP contribution in [0.25, 0.3) is 0 Å². The highest BCUT2D eigenvalue weighted by atomic mass is 31.1. The Bertz CT molecular complexity index is 150. The minimum Gasteiger partial charge on any atom is -0.374 e. The van der Waals surface area contributed by atoms with Gasteiger partial charge in [0.15, 0.2) is 0 Å². The molecule has 0 fully saturated rings. The first kappa shape index (κ1) is 16.5. The van der Waals surface area contributed by atoms with E-state index in [0.29, 0.717) is 19.8 Å². The summed E-state index contributed by atoms with van der Waals surface area (Å²) in [5, 5.41) is 0. The molecule has 0 aliphatic heterocycles. The Labute approximate surface area is 103 Å². The molecule has 0 bridgehead atoms. The molecule has 0 aliphatic rings. The lowest BCUT2D eigenvalue weighted by Crippen LogP contribution is -2.46. The van der Waals surface area contributed by atoms with E-state index in [1.54, 1.807) is 0 Å². The number of hydrogen-bond donors (Lipinski definition) is 0. The van der Waals surface area contributed by atoms with Crippen molar-refractivity contribution in [1.29, 1.82) is 0 Å². The molecule has 0 aromatic heterocycles. The van der Waals surface area contributed by atoms with Crippen LogP contribution < -0.4 is 0 Å². The van der Waals surface area contributed by atoms with Crippen LogP contribution >= 0.6 is 7.92 Å². The summed E-state index contributed by atoms with van der Waals surface area (Å²) in [5.74, 6) is 0. The maximum absolute atomic E-state index is 5.79. The minimum absolute atomic E-state index is 0.174. The van der Waals surface area contributed by atoms with E-state index in [-0.39, 0.29) is 7.92 Å². The van der Waals surface area contributed by atoms with E-state index in [1.807, 2.05) is 20.8 Å². The largest absolute Gasteiger partial charge is 0.500 e. The van der Waals surface area contributed by atoms with Crippen molar-refractivity contribution in [3.8, 4) is 0 Å². The summed E-state index contributed by atoms with van der Waals surface area (Å²) in [6, 6.07) is 0.961. The van der Waals surface area contributed by atoms with Crippen molar-refractivity contribution in [2.45, 2.75) is 33.2 Å². The first-order valence-corrected chi connectivity index (χ1v) is 10.5. The Morgan fingerprint density at radius 1 is 0.875 bits per heavy atom. The molecule has 0 amide bonds. The Morgan fingerprint density at radius 2 is 1.31 bits per heavy atom. The fourth-order valence-corrected chi connectivity index (χ4v) is 5.31. The van der Waals surface area contributed by atoms with Gasteiger partial charge in [0.25, 0.3) is 0 Å². The van der Waals surface area contributed by atoms with Gasteiger partial charge in [-0.05, 0) is 46.7 Å². The Morgan fingerprint density at radius 3 is 1.62 bits per heavy atom. The second-order valence-electron chi connectivity index (χ2n) is 3.89. The molecule has 5 heteroatoms. The third kappa shape index (κ3) is 6.97. The smallest absolute Gasteiger partial charge is 0.374 e. The van der Waals surface area contributed by atoms with E-state index in [2.05, 4.69) is 13.3 Å². The summed E-state index contributed by atoms with van der Waals surface area (Å²) < 4.78 is 17.4. The van der Waals surface area contributed by atoms with Gasteiger partial charge in [0.05, 0.1) is 0 Å². The molecule has 0 aromatic carbocycles. The van der Waals surface area contributed by atoms with Gasteiger partial charge in [-0.3, -0.25) is 0 Å². The van der Waals surface area contributed by atoms with Crippen LogP contribution in [0.4, 0.5) is 0 Å². The predicted octanol–water partition coefficient (Wildman–Crippen LogP) is 3.17. The summed E-state index contributed by atoms with van der Waals surface area (Å²) in [6.45, 7) is 12.7. The Hall–Kier alpha value is 0.527. The fraction of sp³-hybridized carbons (Fsp3) is 1.00. The highest BCUT2D eigenvalue weighted by Gasteiger charge is 2.39. The third-order valence-electron chi connectivity index (χ3n) is 2.18. The standard InChI is InChI=1S/C11H27O3PSi/c1-6-12-16(13-7-2,14-8-3)11-9-10-15(4)5/h6-11H2,1-5H3. The van der Waals surface area contributed by atoms with Crippen LogP contribution in [0.1, 0.15) is 27.2 Å². The van der Waals surface area contributed by atoms with Gasteiger partial charge in [-0.2, -0.15) is 0 Å². The predicted molar refractivity (Wildman–Crippen MR) is 73.7 cm³/mol. The zero-order valence-corrected chi connectivity index (χ0v) is 13.3. The SMILES string of the molecule is CCO[Si](CCCP(C)C)(OCC)OCC. The molecule has 0 rings (SSSR count). The molecule has 0 N–H and O–H groups in total. The average Bonchev–Trinajstić information content (AvgIpc) is 2.18. The molecule has 0 spiro atoms. The molecule has 0 saturated carbocycles. The third-order valence-corrected chi connectivity index (χ3v) is 6.54. The topological polar surface area (TPSA) is 27.7 Å². The molecule has 0 atom stereocenters. The van der Waals surface area contributed by atoms with Crippen LogP contribution in [-0.4, -0.2) is 48.1 Å². The molecular formula is C11H27O3PSi. The van der Waals surface area contributed by atoms with Crippen molar-refractivity contribution in [3.63, 3.8) is 0 Å². The first-order chi connectivity index (χ1) is 7.60. The van der Waals surface area contributed by atoms with Crippen LogP contribution in [0.15, 0.2) is 0 Å². The minimum atomic E-state index is -2.35. The maximum atomic E-state index is 5.79. The second-order valence-corrected chi connectivity index (χ2v) is 9.23. The fourth-order valence-electron chi connectivity index (χ4n) is 1.61. The monoisotopic (exact) mass is 266 g/mol. The lowest BCUT2D eigenvalue weighted by Gasteiger charge is -2.28. The summed E-state index contributed by atoms with van der Waals surface area (Å²) in [7, 11) is -2.18. The summed E-state index contributed by atoms with van der Waals surface area (Å²) in [6.07, 6.45) is 2.43. The molecule has 0 radical (unpaired) electrons. The van der Waals surface area contributed by atoms with Gasteiger partial charge in [0.1, 0.15) is 0 Å². The highest BCUT2D eigenvalue weighted by Crippen LogP contribution is 2.28. The van der Waals surface area contributed by atoms with Gasteiger partial charge in [-0.1, -0.05) is 0 Å². The summed E-state index contributed by atoms with van der Waals surface area (Å²) in [4.78, 5) is 0. The molecule has 0 aromatic rings. The molecule has 0 saturated heterocycles. The van der Waals surface area contributed by atoms with Gasteiger partial charge < -0.3 is 13.3 Å². The van der Waals surface area contributed by atoms with Gasteiger partial charge in [0, 0.05) is 25.9 Å². The van der Waals surface area contributed by atoms with Crippen molar-refractivity contribution < 1.29 is 13.3 Å². The van der Waals surface area contributed by atoms with Crippen molar-refractivity contribution in [2.75, 3.05) is 39.3 Å². The van der Waals surface area contributed by atoms with Crippen LogP contribution in [0.2, 0.25) is 6.04 Å². The van der Waals surface area contributed by atoms with E-state index in [1.165, 1.54) is 6.16 Å². The molecule has 0 unspecified atom stereocenters. The van der Waals surface area contributed by atoms with Gasteiger partial charge in [-0.25, -0.2) is 0 Å². The van der Waals surface area contributed by atoms with Crippen LogP contribution in [0.5, 0.6) is 0 Å². The normalized spacial score (nSPS) is 12.4. The lowest BCUT2D eigenvalue weighted by molar-refractivity contribution is 0.0712. The Balaban J connectivity index is 4.23. The molecular weight excluding hydrogens is 239 g/mol. The zero-order valence-electron chi connectivity index (χ0n) is 11.4. The van der Waals surface area contributed by atoms with Crippen molar-refractivity contribution >= 4 is 16.7 Å².